The van der Waals surface area contributed by atoms with Crippen LogP contribution in [0.3, 0.4) is 0 Å². The number of hydrogen-bond acceptors (Lipinski definition) is 7. The molecule has 0 spiro atoms. The van der Waals surface area contributed by atoms with Gasteiger partial charge >= 0.3 is 6.36 Å². The highest BCUT2D eigenvalue weighted by atomic mass is 32.2. The van der Waals surface area contributed by atoms with Crippen molar-refractivity contribution < 1.29 is 22.7 Å². The van der Waals surface area contributed by atoms with Gasteiger partial charge in [-0.1, -0.05) is 30.0 Å². The molecule has 6 rings (SSSR count). The van der Waals surface area contributed by atoms with Crippen molar-refractivity contribution in [3.63, 3.8) is 0 Å². The topological polar surface area (TPSA) is 85.0 Å². The molecular weight excluding hydrogens is 565 g/mol. The van der Waals surface area contributed by atoms with Crippen molar-refractivity contribution in [1.82, 2.24) is 14.8 Å². The normalized spacial score (nSPS) is 15.9. The number of anilines is 1. The van der Waals surface area contributed by atoms with Crippen LogP contribution in [0.15, 0.2) is 64.8 Å². The molecule has 1 fully saturated rings. The Labute approximate surface area is 243 Å². The number of carbonyl (C=O) groups excluding carboxylic acids is 1. The average Bonchev–Trinajstić information content (AvgIpc) is 3.47. The predicted octanol–water partition coefficient (Wildman–Crippen LogP) is 6.23. The Morgan fingerprint density at radius 3 is 2.48 bits per heavy atom. The van der Waals surface area contributed by atoms with Gasteiger partial charge in [0.05, 0.1) is 40.4 Å². The Bertz CT molecular complexity index is 1740. The number of nitrogens with zero attached hydrogens (tertiary/aromatic N) is 6. The summed E-state index contributed by atoms with van der Waals surface area (Å²) >= 11 is 1.35. The summed E-state index contributed by atoms with van der Waals surface area (Å²) in [7, 11) is 1.81. The maximum atomic E-state index is 12.7. The van der Waals surface area contributed by atoms with E-state index in [1.165, 1.54) is 23.9 Å². The van der Waals surface area contributed by atoms with E-state index in [-0.39, 0.29) is 11.7 Å². The number of carbonyl (C=O) groups is 1. The molecule has 4 aromatic rings. The zero-order valence-corrected chi connectivity index (χ0v) is 23.8. The molecule has 0 radical (unpaired) electrons. The van der Waals surface area contributed by atoms with E-state index in [9.17, 15) is 18.0 Å². The van der Waals surface area contributed by atoms with Gasteiger partial charge in [0.1, 0.15) is 5.75 Å². The van der Waals surface area contributed by atoms with Gasteiger partial charge in [0, 0.05) is 23.7 Å². The fourth-order valence-corrected chi connectivity index (χ4v) is 6.20. The van der Waals surface area contributed by atoms with E-state index in [2.05, 4.69) is 14.9 Å². The molecule has 0 N–H and O–H groups in total. The molecule has 0 atom stereocenters. The summed E-state index contributed by atoms with van der Waals surface area (Å²) in [5, 5.41) is 13.9. The molecule has 0 unspecified atom stereocenters. The van der Waals surface area contributed by atoms with Gasteiger partial charge in [0.15, 0.2) is 5.17 Å². The first kappa shape index (κ1) is 27.7. The van der Waals surface area contributed by atoms with E-state index in [1.807, 2.05) is 51.2 Å². The Morgan fingerprint density at radius 2 is 1.76 bits per heavy atom. The number of aromatic nitrogens is 3. The van der Waals surface area contributed by atoms with Gasteiger partial charge in [-0.05, 0) is 74.2 Å². The van der Waals surface area contributed by atoms with E-state index < -0.39 is 6.36 Å². The van der Waals surface area contributed by atoms with E-state index in [0.717, 1.165) is 50.6 Å². The molecule has 2 aliphatic rings. The third kappa shape index (κ3) is 5.29. The van der Waals surface area contributed by atoms with Gasteiger partial charge in [-0.15, -0.1) is 18.3 Å². The highest BCUT2D eigenvalue weighted by Gasteiger charge is 2.32. The highest BCUT2D eigenvalue weighted by Crippen LogP contribution is 2.38. The summed E-state index contributed by atoms with van der Waals surface area (Å²) in [6.45, 7) is 3.94. The Hall–Kier alpha value is -4.45. The maximum Gasteiger partial charge on any atom is 0.573 e. The summed E-state index contributed by atoms with van der Waals surface area (Å²) in [5.74, 6) is 0.000644. The van der Waals surface area contributed by atoms with E-state index >= 15 is 0 Å². The molecule has 1 aliphatic heterocycles. The standard InChI is InChI=1S/C30H25F3N6O2S/c1-17-5-4-6-18(2)27(17)39-25(40)16-42-29(39)36-34-15-20-9-12-22-24(35-20)14-13-23-26(22)37-38(3)28(23)19-7-10-21(11-8-19)41-30(31,32)33/h4-12,15H,13-14,16H2,1-3H3/b34-15+,36-29-. The molecular formula is C30H25F3N6O2S. The SMILES string of the molecule is Cc1cccc(C)c1N1C(=O)CS/C1=N\N=C\c1ccc2c(n1)CCc1c-2nn(C)c1-c1ccc(OC(F)(F)F)cc1. The van der Waals surface area contributed by atoms with E-state index in [1.54, 1.807) is 27.9 Å². The van der Waals surface area contributed by atoms with Crippen LogP contribution < -0.4 is 9.64 Å². The minimum Gasteiger partial charge on any atom is -0.406 e. The first-order valence-corrected chi connectivity index (χ1v) is 14.1. The lowest BCUT2D eigenvalue weighted by atomic mass is 9.90. The van der Waals surface area contributed by atoms with Gasteiger partial charge < -0.3 is 4.74 Å². The molecule has 2 aromatic heterocycles. The van der Waals surface area contributed by atoms with Crippen molar-refractivity contribution in [3.05, 3.63) is 82.7 Å². The van der Waals surface area contributed by atoms with Crippen molar-refractivity contribution in [1.29, 1.82) is 0 Å². The van der Waals surface area contributed by atoms with Crippen LogP contribution in [0.5, 0.6) is 5.75 Å². The third-order valence-electron chi connectivity index (χ3n) is 7.13. The molecule has 1 aliphatic carbocycles. The van der Waals surface area contributed by atoms with Gasteiger partial charge in [-0.3, -0.25) is 19.4 Å². The molecule has 3 heterocycles. The second-order valence-electron chi connectivity index (χ2n) is 9.99. The fraction of sp³-hybridized carbons (Fsp3) is 0.233. The molecule has 42 heavy (non-hydrogen) atoms. The monoisotopic (exact) mass is 590 g/mol. The Morgan fingerprint density at radius 1 is 1.02 bits per heavy atom. The lowest BCUT2D eigenvalue weighted by Crippen LogP contribution is -2.30. The van der Waals surface area contributed by atoms with Gasteiger partial charge in [-0.25, -0.2) is 0 Å². The number of pyridine rings is 1. The highest BCUT2D eigenvalue weighted by molar-refractivity contribution is 8.15. The van der Waals surface area contributed by atoms with Gasteiger partial charge in [0.25, 0.3) is 0 Å². The molecule has 12 heteroatoms. The van der Waals surface area contributed by atoms with Crippen LogP contribution in [-0.2, 0) is 24.7 Å². The third-order valence-corrected chi connectivity index (χ3v) is 8.04. The number of aryl methyl sites for hydroxylation is 4. The number of fused-ring (bicyclic) bond motifs is 3. The van der Waals surface area contributed by atoms with E-state index in [4.69, 9.17) is 10.1 Å². The van der Waals surface area contributed by atoms with Crippen molar-refractivity contribution >= 4 is 34.7 Å². The average molecular weight is 591 g/mol. The van der Waals surface area contributed by atoms with Crippen LogP contribution in [0.1, 0.15) is 28.1 Å². The molecule has 1 amide bonds. The summed E-state index contributed by atoms with van der Waals surface area (Å²) in [5.41, 5.74) is 8.62. The number of thioether (sulfide) groups is 1. The van der Waals surface area contributed by atoms with Gasteiger partial charge in [-0.2, -0.15) is 10.2 Å². The maximum absolute atomic E-state index is 12.7. The number of ether oxygens (including phenoxy) is 1. The van der Waals surface area contributed by atoms with Crippen LogP contribution >= 0.6 is 11.8 Å². The minimum absolute atomic E-state index is 0.0330. The zero-order chi connectivity index (χ0) is 29.6. The molecule has 0 saturated carbocycles. The lowest BCUT2D eigenvalue weighted by molar-refractivity contribution is -0.274. The first-order chi connectivity index (χ1) is 20.1. The van der Waals surface area contributed by atoms with Gasteiger partial charge in [0.2, 0.25) is 5.91 Å². The number of hydrogen-bond donors (Lipinski definition) is 0. The van der Waals surface area contributed by atoms with Crippen LogP contribution in [0.25, 0.3) is 22.5 Å². The molecule has 214 valence electrons. The smallest absolute Gasteiger partial charge is 0.406 e. The van der Waals surface area contributed by atoms with Crippen LogP contribution in [0, 0.1) is 13.8 Å². The Balaban J connectivity index is 1.24. The quantitative estimate of drug-likeness (QED) is 0.203. The Kier molecular flexibility index (Phi) is 7.09. The number of para-hydroxylation sites is 1. The second kappa shape index (κ2) is 10.8. The minimum atomic E-state index is -4.74. The van der Waals surface area contributed by atoms with Crippen LogP contribution in [-0.4, -0.2) is 44.2 Å². The summed E-state index contributed by atoms with van der Waals surface area (Å²) in [6.07, 6.45) is -1.83. The van der Waals surface area contributed by atoms with Crippen LogP contribution in [0.2, 0.25) is 0 Å². The molecule has 0 bridgehead atoms. The van der Waals surface area contributed by atoms with Crippen molar-refractivity contribution in [2.24, 2.45) is 17.3 Å². The summed E-state index contributed by atoms with van der Waals surface area (Å²) in [6, 6.07) is 15.5. The number of benzene rings is 2. The largest absolute Gasteiger partial charge is 0.573 e. The van der Waals surface area contributed by atoms with Crippen LogP contribution in [0.4, 0.5) is 18.9 Å². The van der Waals surface area contributed by atoms with Crippen molar-refractivity contribution in [2.75, 3.05) is 10.7 Å². The summed E-state index contributed by atoms with van der Waals surface area (Å²) in [4.78, 5) is 19.1. The number of alkyl halides is 3. The fourth-order valence-electron chi connectivity index (χ4n) is 5.39. The molecule has 2 aromatic carbocycles. The zero-order valence-electron chi connectivity index (χ0n) is 22.9. The first-order valence-electron chi connectivity index (χ1n) is 13.1. The number of rotatable bonds is 5. The lowest BCUT2D eigenvalue weighted by Gasteiger charge is -2.20. The van der Waals surface area contributed by atoms with Crippen molar-refractivity contribution in [2.45, 2.75) is 33.1 Å². The number of amides is 1. The predicted molar refractivity (Wildman–Crippen MR) is 157 cm³/mol. The number of halogens is 3. The van der Waals surface area contributed by atoms with E-state index in [0.29, 0.717) is 29.5 Å². The number of amidine groups is 1. The molecule has 8 nitrogen and oxygen atoms in total. The molecule has 1 saturated heterocycles. The second-order valence-corrected chi connectivity index (χ2v) is 10.9. The summed E-state index contributed by atoms with van der Waals surface area (Å²) < 4.78 is 43.4. The van der Waals surface area contributed by atoms with Crippen molar-refractivity contribution in [3.8, 4) is 28.3 Å².